The Bertz CT molecular complexity index is 1130. The van der Waals surface area contributed by atoms with E-state index in [1.54, 1.807) is 33.3 Å². The number of esters is 2. The fourth-order valence-electron chi connectivity index (χ4n) is 3.00. The Labute approximate surface area is 183 Å². The van der Waals surface area contributed by atoms with E-state index >= 15 is 0 Å². The van der Waals surface area contributed by atoms with Crippen molar-refractivity contribution in [1.82, 2.24) is 9.97 Å². The van der Waals surface area contributed by atoms with Gasteiger partial charge in [-0.05, 0) is 31.5 Å². The molecule has 0 saturated heterocycles. The van der Waals surface area contributed by atoms with Gasteiger partial charge in [-0.2, -0.15) is 0 Å². The summed E-state index contributed by atoms with van der Waals surface area (Å²) in [5.41, 5.74) is 1.39. The Kier molecular flexibility index (Phi) is 6.91. The predicted octanol–water partition coefficient (Wildman–Crippen LogP) is 3.65. The molecule has 3 aromatic rings. The van der Waals surface area contributed by atoms with Crippen molar-refractivity contribution < 1.29 is 28.5 Å². The monoisotopic (exact) mass is 445 g/mol. The van der Waals surface area contributed by atoms with Crippen LogP contribution in [0.15, 0.2) is 18.2 Å². The summed E-state index contributed by atoms with van der Waals surface area (Å²) < 4.78 is 20.5. The fourth-order valence-corrected chi connectivity index (χ4v) is 4.09. The molecule has 0 spiro atoms. The third kappa shape index (κ3) is 4.69. The van der Waals surface area contributed by atoms with Crippen LogP contribution in [-0.4, -0.2) is 49.8 Å². The first-order valence-electron chi connectivity index (χ1n) is 9.44. The SMILES string of the molecule is CCOC(=O)c1sc2nc(CC(=O)OC)nc(Nc3ccc(OC)c(OC)c3)c2c1C. The molecule has 9 nitrogen and oxygen atoms in total. The van der Waals surface area contributed by atoms with Crippen molar-refractivity contribution >= 4 is 45.0 Å². The maximum absolute atomic E-state index is 12.4. The number of hydrogen-bond donors (Lipinski definition) is 1. The van der Waals surface area contributed by atoms with Crippen LogP contribution >= 0.6 is 11.3 Å². The minimum absolute atomic E-state index is 0.0985. The van der Waals surface area contributed by atoms with E-state index in [1.165, 1.54) is 18.4 Å². The summed E-state index contributed by atoms with van der Waals surface area (Å²) >= 11 is 1.20. The van der Waals surface area contributed by atoms with Crippen LogP contribution < -0.4 is 14.8 Å². The number of carbonyl (C=O) groups excluding carboxylic acids is 2. The number of thiophene rings is 1. The van der Waals surface area contributed by atoms with Gasteiger partial charge >= 0.3 is 11.9 Å². The number of rotatable bonds is 8. The molecule has 0 aliphatic heterocycles. The minimum atomic E-state index is -0.463. The highest BCUT2D eigenvalue weighted by molar-refractivity contribution is 7.20. The molecule has 0 saturated carbocycles. The molecule has 0 unspecified atom stereocenters. The van der Waals surface area contributed by atoms with Gasteiger partial charge in [0.2, 0.25) is 0 Å². The normalized spacial score (nSPS) is 10.6. The fraction of sp³-hybridized carbons (Fsp3) is 0.333. The Morgan fingerprint density at radius 3 is 2.48 bits per heavy atom. The van der Waals surface area contributed by atoms with Crippen molar-refractivity contribution in [3.63, 3.8) is 0 Å². The summed E-state index contributed by atoms with van der Waals surface area (Å²) in [5.74, 6) is 0.981. The Hall–Kier alpha value is -3.40. The lowest BCUT2D eigenvalue weighted by molar-refractivity contribution is -0.139. The first-order valence-corrected chi connectivity index (χ1v) is 10.3. The molecule has 0 atom stereocenters. The molecular formula is C21H23N3O6S. The maximum atomic E-state index is 12.4. The van der Waals surface area contributed by atoms with Crippen LogP contribution in [0.5, 0.6) is 11.5 Å². The van der Waals surface area contributed by atoms with E-state index in [1.807, 2.05) is 13.0 Å². The summed E-state index contributed by atoms with van der Waals surface area (Å²) in [7, 11) is 4.41. The van der Waals surface area contributed by atoms with Crippen LogP contribution in [0.2, 0.25) is 0 Å². The highest BCUT2D eigenvalue weighted by atomic mass is 32.1. The maximum Gasteiger partial charge on any atom is 0.348 e. The number of hydrogen-bond acceptors (Lipinski definition) is 10. The lowest BCUT2D eigenvalue weighted by atomic mass is 10.2. The van der Waals surface area contributed by atoms with Crippen LogP contribution in [0, 0.1) is 6.92 Å². The summed E-state index contributed by atoms with van der Waals surface area (Å²) in [4.78, 5) is 34.2. The van der Waals surface area contributed by atoms with Crippen LogP contribution in [0.4, 0.5) is 11.5 Å². The largest absolute Gasteiger partial charge is 0.493 e. The lowest BCUT2D eigenvalue weighted by Crippen LogP contribution is -2.09. The molecule has 2 aromatic heterocycles. The van der Waals surface area contributed by atoms with Gasteiger partial charge in [0, 0.05) is 11.8 Å². The Morgan fingerprint density at radius 1 is 1.10 bits per heavy atom. The lowest BCUT2D eigenvalue weighted by Gasteiger charge is -2.12. The molecule has 164 valence electrons. The molecule has 3 rings (SSSR count). The van der Waals surface area contributed by atoms with E-state index in [2.05, 4.69) is 15.3 Å². The van der Waals surface area contributed by atoms with Crippen molar-refractivity contribution in [2.45, 2.75) is 20.3 Å². The number of methoxy groups -OCH3 is 3. The molecule has 0 aliphatic carbocycles. The van der Waals surface area contributed by atoms with Crippen molar-refractivity contribution in [2.75, 3.05) is 33.3 Å². The summed E-state index contributed by atoms with van der Waals surface area (Å²) in [6.45, 7) is 3.83. The molecule has 0 aliphatic rings. The van der Waals surface area contributed by atoms with Gasteiger partial charge in [-0.3, -0.25) is 4.79 Å². The first kappa shape index (κ1) is 22.3. The Morgan fingerprint density at radius 2 is 1.84 bits per heavy atom. The number of aromatic nitrogens is 2. The molecule has 0 amide bonds. The van der Waals surface area contributed by atoms with Crippen LogP contribution in [0.25, 0.3) is 10.2 Å². The average molecular weight is 445 g/mol. The molecule has 2 heterocycles. The van der Waals surface area contributed by atoms with E-state index in [9.17, 15) is 9.59 Å². The van der Waals surface area contributed by atoms with Crippen LogP contribution in [0.1, 0.15) is 28.0 Å². The number of benzene rings is 1. The second kappa shape index (κ2) is 9.61. The number of aryl methyl sites for hydroxylation is 1. The third-order valence-electron chi connectivity index (χ3n) is 4.47. The van der Waals surface area contributed by atoms with Crippen molar-refractivity contribution in [1.29, 1.82) is 0 Å². The zero-order chi connectivity index (χ0) is 22.5. The van der Waals surface area contributed by atoms with E-state index in [0.717, 1.165) is 0 Å². The minimum Gasteiger partial charge on any atom is -0.493 e. The number of ether oxygens (including phenoxy) is 4. The highest BCUT2D eigenvalue weighted by Crippen LogP contribution is 2.37. The number of nitrogens with zero attached hydrogens (tertiary/aromatic N) is 2. The predicted molar refractivity (Wildman–Crippen MR) is 117 cm³/mol. The van der Waals surface area contributed by atoms with Gasteiger partial charge in [-0.25, -0.2) is 14.8 Å². The zero-order valence-electron chi connectivity index (χ0n) is 17.9. The molecule has 10 heteroatoms. The summed E-state index contributed by atoms with van der Waals surface area (Å²) in [6.07, 6.45) is -0.0985. The third-order valence-corrected chi connectivity index (χ3v) is 5.64. The quantitative estimate of drug-likeness (QED) is 0.520. The van der Waals surface area contributed by atoms with Crippen LogP contribution in [-0.2, 0) is 20.7 Å². The van der Waals surface area contributed by atoms with Crippen molar-refractivity contribution in [3.05, 3.63) is 34.5 Å². The Balaban J connectivity index is 2.12. The van der Waals surface area contributed by atoms with Gasteiger partial charge in [-0.1, -0.05) is 0 Å². The topological polar surface area (TPSA) is 109 Å². The second-order valence-electron chi connectivity index (χ2n) is 6.39. The van der Waals surface area contributed by atoms with Gasteiger partial charge < -0.3 is 24.3 Å². The summed E-state index contributed by atoms with van der Waals surface area (Å²) in [5, 5.41) is 3.92. The number of fused-ring (bicyclic) bond motifs is 1. The number of nitrogens with one attached hydrogen (secondary N) is 1. The molecular weight excluding hydrogens is 422 g/mol. The zero-order valence-corrected chi connectivity index (χ0v) is 18.7. The van der Waals surface area contributed by atoms with Gasteiger partial charge in [0.05, 0.1) is 33.3 Å². The molecule has 0 bridgehead atoms. The second-order valence-corrected chi connectivity index (χ2v) is 7.39. The number of anilines is 2. The number of carbonyl (C=O) groups is 2. The molecule has 1 aromatic carbocycles. The van der Waals surface area contributed by atoms with Crippen LogP contribution in [0.3, 0.4) is 0 Å². The molecule has 31 heavy (non-hydrogen) atoms. The standard InChI is InChI=1S/C21H23N3O6S/c1-6-30-21(26)18-11(2)17-19(22-12-7-8-13(27-3)14(9-12)28-4)23-15(10-16(25)29-5)24-20(17)31-18/h7-9H,6,10H2,1-5H3,(H,22,23,24). The van der Waals surface area contributed by atoms with Gasteiger partial charge in [0.1, 0.15) is 27.8 Å². The smallest absolute Gasteiger partial charge is 0.348 e. The van der Waals surface area contributed by atoms with E-state index < -0.39 is 11.9 Å². The molecule has 0 radical (unpaired) electrons. The summed E-state index contributed by atoms with van der Waals surface area (Å²) in [6, 6.07) is 5.34. The van der Waals surface area contributed by atoms with Gasteiger partial charge in [0.15, 0.2) is 11.5 Å². The average Bonchev–Trinajstić information content (AvgIpc) is 3.10. The van der Waals surface area contributed by atoms with E-state index in [-0.39, 0.29) is 18.9 Å². The molecule has 0 fully saturated rings. The van der Waals surface area contributed by atoms with Crippen molar-refractivity contribution in [3.8, 4) is 11.5 Å². The van der Waals surface area contributed by atoms with E-state index in [4.69, 9.17) is 18.9 Å². The first-order chi connectivity index (χ1) is 14.9. The van der Waals surface area contributed by atoms with E-state index in [0.29, 0.717) is 43.7 Å². The van der Waals surface area contributed by atoms with Crippen molar-refractivity contribution in [2.24, 2.45) is 0 Å². The highest BCUT2D eigenvalue weighted by Gasteiger charge is 2.22. The molecule has 1 N–H and O–H groups in total. The van der Waals surface area contributed by atoms with Gasteiger partial charge in [0.25, 0.3) is 0 Å². The van der Waals surface area contributed by atoms with Gasteiger partial charge in [-0.15, -0.1) is 11.3 Å².